The number of nitrogens with two attached hydrogens (primary N) is 1. The van der Waals surface area contributed by atoms with Crippen LogP contribution in [0.25, 0.3) is 0 Å². The summed E-state index contributed by atoms with van der Waals surface area (Å²) in [6.07, 6.45) is 2.67. The molecule has 0 spiro atoms. The zero-order chi connectivity index (χ0) is 15.9. The van der Waals surface area contributed by atoms with Crippen molar-refractivity contribution in [2.75, 3.05) is 31.5 Å². The van der Waals surface area contributed by atoms with E-state index in [0.29, 0.717) is 18.9 Å². The molecule has 1 aromatic rings. The van der Waals surface area contributed by atoms with E-state index in [1.165, 1.54) is 0 Å². The predicted octanol–water partition coefficient (Wildman–Crippen LogP) is 2.48. The van der Waals surface area contributed by atoms with Gasteiger partial charge in [-0.2, -0.15) is 0 Å². The number of carbonyl (C=O) groups excluding carboxylic acids is 1. The van der Waals surface area contributed by atoms with Gasteiger partial charge in [0, 0.05) is 17.2 Å². The van der Waals surface area contributed by atoms with Gasteiger partial charge in [0.15, 0.2) is 0 Å². The van der Waals surface area contributed by atoms with E-state index in [1.54, 1.807) is 12.3 Å². The van der Waals surface area contributed by atoms with Gasteiger partial charge in [-0.1, -0.05) is 20.8 Å². The highest BCUT2D eigenvalue weighted by atomic mass is 79.9. The third kappa shape index (κ3) is 7.02. The summed E-state index contributed by atoms with van der Waals surface area (Å²) in [7, 11) is 0. The number of anilines is 1. The number of pyridine rings is 1. The molecule has 1 aromatic heterocycles. The van der Waals surface area contributed by atoms with E-state index < -0.39 is 0 Å². The van der Waals surface area contributed by atoms with Crippen LogP contribution < -0.4 is 11.1 Å². The molecule has 1 amide bonds. The maximum Gasteiger partial charge on any atom is 0.239 e. The fourth-order valence-electron chi connectivity index (χ4n) is 2.04. The molecule has 0 aliphatic rings. The van der Waals surface area contributed by atoms with Gasteiger partial charge in [-0.05, 0) is 53.0 Å². The van der Waals surface area contributed by atoms with Crippen molar-refractivity contribution in [1.82, 2.24) is 9.88 Å². The molecule has 5 nitrogen and oxygen atoms in total. The average molecular weight is 357 g/mol. The number of amides is 1. The molecule has 0 aliphatic heterocycles. The van der Waals surface area contributed by atoms with E-state index >= 15 is 0 Å². The lowest BCUT2D eigenvalue weighted by Gasteiger charge is -2.31. The number of nitrogens with one attached hydrogen (secondary N) is 1. The van der Waals surface area contributed by atoms with E-state index in [9.17, 15) is 4.79 Å². The van der Waals surface area contributed by atoms with Crippen LogP contribution >= 0.6 is 15.9 Å². The van der Waals surface area contributed by atoms with Gasteiger partial charge in [0.05, 0.1) is 6.54 Å². The zero-order valence-electron chi connectivity index (χ0n) is 13.0. The highest BCUT2D eigenvalue weighted by molar-refractivity contribution is 9.10. The number of rotatable bonds is 8. The van der Waals surface area contributed by atoms with Gasteiger partial charge in [-0.25, -0.2) is 4.98 Å². The van der Waals surface area contributed by atoms with E-state index in [-0.39, 0.29) is 11.3 Å². The van der Waals surface area contributed by atoms with Crippen molar-refractivity contribution in [2.24, 2.45) is 11.1 Å². The minimum atomic E-state index is -0.0499. The summed E-state index contributed by atoms with van der Waals surface area (Å²) < 4.78 is 0.887. The van der Waals surface area contributed by atoms with E-state index in [2.05, 4.69) is 51.9 Å². The molecule has 1 heterocycles. The normalized spacial score (nSPS) is 11.7. The molecule has 0 saturated carbocycles. The first-order chi connectivity index (χ1) is 9.86. The van der Waals surface area contributed by atoms with Crippen LogP contribution in [0, 0.1) is 5.41 Å². The summed E-state index contributed by atoms with van der Waals surface area (Å²) >= 11 is 3.32. The summed E-state index contributed by atoms with van der Waals surface area (Å²) in [4.78, 5) is 18.4. The molecule has 0 saturated heterocycles. The van der Waals surface area contributed by atoms with Gasteiger partial charge >= 0.3 is 0 Å². The number of carbonyl (C=O) groups is 1. The van der Waals surface area contributed by atoms with Crippen molar-refractivity contribution in [3.63, 3.8) is 0 Å². The van der Waals surface area contributed by atoms with Crippen LogP contribution in [0.4, 0.5) is 5.82 Å². The molecule has 0 aliphatic carbocycles. The first kappa shape index (κ1) is 18.1. The number of hydrogen-bond acceptors (Lipinski definition) is 4. The summed E-state index contributed by atoms with van der Waals surface area (Å²) in [6, 6.07) is 3.62. The lowest BCUT2D eigenvalue weighted by atomic mass is 9.93. The summed E-state index contributed by atoms with van der Waals surface area (Å²) in [5, 5.41) is 2.82. The van der Waals surface area contributed by atoms with Crippen LogP contribution in [0.3, 0.4) is 0 Å². The number of hydrogen-bond donors (Lipinski definition) is 2. The van der Waals surface area contributed by atoms with Crippen LogP contribution in [0.2, 0.25) is 0 Å². The van der Waals surface area contributed by atoms with Crippen LogP contribution in [0.1, 0.15) is 27.2 Å². The van der Waals surface area contributed by atoms with Crippen LogP contribution in [0.15, 0.2) is 22.8 Å². The van der Waals surface area contributed by atoms with Gasteiger partial charge in [-0.15, -0.1) is 0 Å². The predicted molar refractivity (Wildman–Crippen MR) is 90.1 cm³/mol. The van der Waals surface area contributed by atoms with Gasteiger partial charge < -0.3 is 11.1 Å². The van der Waals surface area contributed by atoms with Crippen molar-refractivity contribution in [3.05, 3.63) is 22.8 Å². The van der Waals surface area contributed by atoms with Crippen molar-refractivity contribution in [3.8, 4) is 0 Å². The lowest BCUT2D eigenvalue weighted by molar-refractivity contribution is -0.117. The Morgan fingerprint density at radius 1 is 1.48 bits per heavy atom. The second-order valence-electron chi connectivity index (χ2n) is 5.99. The first-order valence-electron chi connectivity index (χ1n) is 7.20. The second kappa shape index (κ2) is 8.46. The number of nitrogens with zero attached hydrogens (tertiary/aromatic N) is 2. The van der Waals surface area contributed by atoms with Crippen molar-refractivity contribution in [2.45, 2.75) is 27.2 Å². The summed E-state index contributed by atoms with van der Waals surface area (Å²) in [5.41, 5.74) is 5.78. The average Bonchev–Trinajstić information content (AvgIpc) is 2.41. The number of aromatic nitrogens is 1. The van der Waals surface area contributed by atoms with Crippen molar-refractivity contribution >= 4 is 27.7 Å². The van der Waals surface area contributed by atoms with E-state index in [4.69, 9.17) is 5.73 Å². The van der Waals surface area contributed by atoms with Gasteiger partial charge in [0.2, 0.25) is 5.91 Å². The Labute approximate surface area is 135 Å². The van der Waals surface area contributed by atoms with Crippen molar-refractivity contribution < 1.29 is 4.79 Å². The Morgan fingerprint density at radius 2 is 2.19 bits per heavy atom. The van der Waals surface area contributed by atoms with E-state index in [0.717, 1.165) is 24.0 Å². The molecular formula is C15H25BrN4O. The minimum absolute atomic E-state index is 0.00527. The fourth-order valence-corrected chi connectivity index (χ4v) is 2.27. The Morgan fingerprint density at radius 3 is 2.71 bits per heavy atom. The Balaban J connectivity index is 2.57. The quantitative estimate of drug-likeness (QED) is 0.750. The third-order valence-electron chi connectivity index (χ3n) is 3.11. The first-order valence-corrected chi connectivity index (χ1v) is 7.99. The Hall–Kier alpha value is -0.980. The smallest absolute Gasteiger partial charge is 0.239 e. The lowest BCUT2D eigenvalue weighted by Crippen LogP contribution is -2.42. The molecule has 0 atom stereocenters. The second-order valence-corrected chi connectivity index (χ2v) is 6.90. The fraction of sp³-hybridized carbons (Fsp3) is 0.600. The standard InChI is InChI=1S/C15H25BrN4O/c1-4-7-20(11-15(2,3)10-17)9-14(21)19-13-6-5-12(16)8-18-13/h5-6,8H,4,7,9-11,17H2,1-3H3,(H,18,19,21). The molecule has 3 N–H and O–H groups in total. The highest BCUT2D eigenvalue weighted by Crippen LogP contribution is 2.15. The van der Waals surface area contributed by atoms with Crippen molar-refractivity contribution in [1.29, 1.82) is 0 Å². The Bertz CT molecular complexity index is 447. The van der Waals surface area contributed by atoms with Gasteiger partial charge in [0.25, 0.3) is 0 Å². The SMILES string of the molecule is CCCN(CC(=O)Nc1ccc(Br)cn1)CC(C)(C)CN. The maximum atomic E-state index is 12.1. The maximum absolute atomic E-state index is 12.1. The molecule has 1 rings (SSSR count). The third-order valence-corrected chi connectivity index (χ3v) is 3.58. The largest absolute Gasteiger partial charge is 0.330 e. The zero-order valence-corrected chi connectivity index (χ0v) is 14.6. The molecule has 0 fully saturated rings. The van der Waals surface area contributed by atoms with Crippen LogP contribution in [-0.2, 0) is 4.79 Å². The molecule has 21 heavy (non-hydrogen) atoms. The minimum Gasteiger partial charge on any atom is -0.330 e. The van der Waals surface area contributed by atoms with Gasteiger partial charge in [-0.3, -0.25) is 9.69 Å². The molecular weight excluding hydrogens is 332 g/mol. The molecule has 0 aromatic carbocycles. The monoisotopic (exact) mass is 356 g/mol. The van der Waals surface area contributed by atoms with Crippen LogP contribution in [-0.4, -0.2) is 42.0 Å². The van der Waals surface area contributed by atoms with Gasteiger partial charge in [0.1, 0.15) is 5.82 Å². The number of halogens is 1. The summed E-state index contributed by atoms with van der Waals surface area (Å²) in [5.74, 6) is 0.517. The van der Waals surface area contributed by atoms with E-state index in [1.807, 2.05) is 6.07 Å². The topological polar surface area (TPSA) is 71.2 Å². The molecule has 0 unspecified atom stereocenters. The summed E-state index contributed by atoms with van der Waals surface area (Å²) in [6.45, 7) is 8.98. The highest BCUT2D eigenvalue weighted by Gasteiger charge is 2.21. The molecule has 6 heteroatoms. The molecule has 0 radical (unpaired) electrons. The molecule has 118 valence electrons. The molecule has 0 bridgehead atoms. The van der Waals surface area contributed by atoms with Crippen LogP contribution in [0.5, 0.6) is 0 Å². The Kier molecular flexibility index (Phi) is 7.28.